The van der Waals surface area contributed by atoms with Gasteiger partial charge in [-0.3, -0.25) is 14.9 Å². The van der Waals surface area contributed by atoms with Crippen molar-refractivity contribution in [3.63, 3.8) is 0 Å². The van der Waals surface area contributed by atoms with E-state index in [0.29, 0.717) is 0 Å². The van der Waals surface area contributed by atoms with Gasteiger partial charge in [0.2, 0.25) is 0 Å². The summed E-state index contributed by atoms with van der Waals surface area (Å²) in [6.07, 6.45) is 0. The summed E-state index contributed by atoms with van der Waals surface area (Å²) in [5, 5.41) is 10.5. The first-order chi connectivity index (χ1) is 6.43. The highest BCUT2D eigenvalue weighted by atomic mass is 79.9. The molecule has 14 heavy (non-hydrogen) atoms. The van der Waals surface area contributed by atoms with Crippen LogP contribution in [0.4, 0.5) is 10.1 Å². The average molecular weight is 262 g/mol. The highest BCUT2D eigenvalue weighted by Gasteiger charge is 2.22. The van der Waals surface area contributed by atoms with Crippen molar-refractivity contribution < 1.29 is 14.1 Å². The maximum atomic E-state index is 13.2. The number of nitrogens with zero attached hydrogens (tertiary/aromatic N) is 1. The molecule has 1 rings (SSSR count). The van der Waals surface area contributed by atoms with Crippen molar-refractivity contribution in [3.8, 4) is 0 Å². The van der Waals surface area contributed by atoms with E-state index in [9.17, 15) is 19.3 Å². The number of Topliss-reactive ketones (excluding diaryl/α,β-unsaturated/α-hetero) is 1. The van der Waals surface area contributed by atoms with Crippen molar-refractivity contribution in [3.05, 3.63) is 38.1 Å². The number of nitro benzene ring substituents is 1. The SMILES string of the molecule is CC(=O)c1c(F)cc(Br)cc1[N+](=O)[O-]. The predicted molar refractivity (Wildman–Crippen MR) is 50.8 cm³/mol. The molecule has 74 valence electrons. The van der Waals surface area contributed by atoms with Crippen LogP contribution in [0, 0.1) is 15.9 Å². The molecule has 0 radical (unpaired) electrons. The minimum absolute atomic E-state index is 0.228. The van der Waals surface area contributed by atoms with Crippen LogP contribution in [0.2, 0.25) is 0 Å². The van der Waals surface area contributed by atoms with Crippen molar-refractivity contribution in [2.24, 2.45) is 0 Å². The molecule has 0 amide bonds. The third kappa shape index (κ3) is 1.95. The van der Waals surface area contributed by atoms with E-state index in [1.165, 1.54) is 0 Å². The summed E-state index contributed by atoms with van der Waals surface area (Å²) < 4.78 is 13.4. The third-order valence-corrected chi connectivity index (χ3v) is 2.04. The van der Waals surface area contributed by atoms with Crippen LogP contribution in [-0.2, 0) is 0 Å². The summed E-state index contributed by atoms with van der Waals surface area (Å²) in [4.78, 5) is 20.7. The lowest BCUT2D eigenvalue weighted by Crippen LogP contribution is -2.03. The molecule has 0 aliphatic carbocycles. The van der Waals surface area contributed by atoms with Crippen LogP contribution in [0.3, 0.4) is 0 Å². The molecule has 0 aliphatic rings. The maximum absolute atomic E-state index is 13.2. The molecular weight excluding hydrogens is 257 g/mol. The molecule has 1 aromatic rings. The molecule has 0 aliphatic heterocycles. The quantitative estimate of drug-likeness (QED) is 0.467. The lowest BCUT2D eigenvalue weighted by molar-refractivity contribution is -0.385. The van der Waals surface area contributed by atoms with Crippen molar-refractivity contribution in [1.82, 2.24) is 0 Å². The molecule has 6 heteroatoms. The zero-order valence-electron chi connectivity index (χ0n) is 7.08. The number of nitro groups is 1. The van der Waals surface area contributed by atoms with Crippen molar-refractivity contribution >= 4 is 27.4 Å². The molecule has 0 spiro atoms. The van der Waals surface area contributed by atoms with E-state index in [1.807, 2.05) is 0 Å². The van der Waals surface area contributed by atoms with Crippen LogP contribution >= 0.6 is 15.9 Å². The second kappa shape index (κ2) is 3.83. The fourth-order valence-electron chi connectivity index (χ4n) is 1.05. The Bertz CT molecular complexity index is 419. The van der Waals surface area contributed by atoms with E-state index in [-0.39, 0.29) is 4.47 Å². The van der Waals surface area contributed by atoms with Gasteiger partial charge in [-0.1, -0.05) is 15.9 Å². The minimum Gasteiger partial charge on any atom is -0.294 e. The second-order valence-corrected chi connectivity index (χ2v) is 3.51. The topological polar surface area (TPSA) is 60.2 Å². The van der Waals surface area contributed by atoms with Crippen LogP contribution in [0.5, 0.6) is 0 Å². The Morgan fingerprint density at radius 2 is 2.14 bits per heavy atom. The Kier molecular flexibility index (Phi) is 2.95. The minimum atomic E-state index is -0.890. The Morgan fingerprint density at radius 1 is 1.57 bits per heavy atom. The lowest BCUT2D eigenvalue weighted by atomic mass is 10.1. The molecule has 0 aromatic heterocycles. The summed E-state index contributed by atoms with van der Waals surface area (Å²) in [5.74, 6) is -1.56. The number of carbonyl (C=O) groups excluding carboxylic acids is 1. The summed E-state index contributed by atoms with van der Waals surface area (Å²) >= 11 is 2.91. The number of rotatable bonds is 2. The summed E-state index contributed by atoms with van der Waals surface area (Å²) in [6.45, 7) is 1.08. The van der Waals surface area contributed by atoms with E-state index in [4.69, 9.17) is 0 Å². The van der Waals surface area contributed by atoms with E-state index >= 15 is 0 Å². The van der Waals surface area contributed by atoms with Gasteiger partial charge in [0.25, 0.3) is 5.69 Å². The standard InChI is InChI=1S/C8H5BrFNO3/c1-4(12)8-6(10)2-5(9)3-7(8)11(13)14/h2-3H,1H3. The second-order valence-electron chi connectivity index (χ2n) is 2.60. The molecule has 0 saturated heterocycles. The van der Waals surface area contributed by atoms with Crippen LogP contribution in [0.25, 0.3) is 0 Å². The Balaban J connectivity index is 3.52. The lowest BCUT2D eigenvalue weighted by Gasteiger charge is -2.01. The molecule has 4 nitrogen and oxygen atoms in total. The molecule has 0 N–H and O–H groups in total. The van der Waals surface area contributed by atoms with E-state index in [1.54, 1.807) is 0 Å². The van der Waals surface area contributed by atoms with Gasteiger partial charge >= 0.3 is 0 Å². The fraction of sp³-hybridized carbons (Fsp3) is 0.125. The molecule has 0 heterocycles. The number of hydrogen-bond acceptors (Lipinski definition) is 3. The molecule has 0 unspecified atom stereocenters. The first kappa shape index (κ1) is 10.8. The maximum Gasteiger partial charge on any atom is 0.284 e. The Hall–Kier alpha value is -1.30. The molecule has 0 bridgehead atoms. The van der Waals surface area contributed by atoms with Gasteiger partial charge in [0.05, 0.1) is 4.92 Å². The zero-order chi connectivity index (χ0) is 10.9. The fourth-order valence-corrected chi connectivity index (χ4v) is 1.47. The number of halogens is 2. The zero-order valence-corrected chi connectivity index (χ0v) is 8.67. The molecular formula is C8H5BrFNO3. The van der Waals surface area contributed by atoms with Gasteiger partial charge in [-0.25, -0.2) is 4.39 Å². The normalized spacial score (nSPS) is 9.93. The largest absolute Gasteiger partial charge is 0.294 e. The van der Waals surface area contributed by atoms with Gasteiger partial charge in [-0.15, -0.1) is 0 Å². The van der Waals surface area contributed by atoms with E-state index in [0.717, 1.165) is 19.1 Å². The smallest absolute Gasteiger partial charge is 0.284 e. The average Bonchev–Trinajstić information content (AvgIpc) is 2.01. The summed E-state index contributed by atoms with van der Waals surface area (Å²) in [6, 6.07) is 2.11. The van der Waals surface area contributed by atoms with Crippen LogP contribution < -0.4 is 0 Å². The predicted octanol–water partition coefficient (Wildman–Crippen LogP) is 2.70. The van der Waals surface area contributed by atoms with Gasteiger partial charge in [-0.05, 0) is 13.0 Å². The highest BCUT2D eigenvalue weighted by Crippen LogP contribution is 2.26. The Labute approximate surface area is 87.0 Å². The molecule has 0 saturated carbocycles. The molecule has 0 fully saturated rings. The molecule has 1 aromatic carbocycles. The number of carbonyl (C=O) groups is 1. The number of hydrogen-bond donors (Lipinski definition) is 0. The van der Waals surface area contributed by atoms with E-state index < -0.39 is 27.8 Å². The highest BCUT2D eigenvalue weighted by molar-refractivity contribution is 9.10. The van der Waals surface area contributed by atoms with Gasteiger partial charge < -0.3 is 0 Å². The van der Waals surface area contributed by atoms with Crippen molar-refractivity contribution in [2.75, 3.05) is 0 Å². The Morgan fingerprint density at radius 3 is 2.57 bits per heavy atom. The first-order valence-electron chi connectivity index (χ1n) is 3.58. The monoisotopic (exact) mass is 261 g/mol. The third-order valence-electron chi connectivity index (χ3n) is 1.58. The van der Waals surface area contributed by atoms with Crippen molar-refractivity contribution in [2.45, 2.75) is 6.92 Å². The van der Waals surface area contributed by atoms with E-state index in [2.05, 4.69) is 15.9 Å². The van der Waals surface area contributed by atoms with Crippen LogP contribution in [0.15, 0.2) is 16.6 Å². The van der Waals surface area contributed by atoms with Gasteiger partial charge in [-0.2, -0.15) is 0 Å². The van der Waals surface area contributed by atoms with Crippen LogP contribution in [0.1, 0.15) is 17.3 Å². The number of benzene rings is 1. The first-order valence-corrected chi connectivity index (χ1v) is 4.37. The summed E-state index contributed by atoms with van der Waals surface area (Å²) in [7, 11) is 0. The van der Waals surface area contributed by atoms with Gasteiger partial charge in [0.15, 0.2) is 5.78 Å². The van der Waals surface area contributed by atoms with Crippen LogP contribution in [-0.4, -0.2) is 10.7 Å². The summed E-state index contributed by atoms with van der Waals surface area (Å²) in [5.41, 5.74) is -1.01. The number of ketones is 1. The molecule has 0 atom stereocenters. The van der Waals surface area contributed by atoms with Gasteiger partial charge in [0.1, 0.15) is 11.4 Å². The van der Waals surface area contributed by atoms with Crippen molar-refractivity contribution in [1.29, 1.82) is 0 Å². The van der Waals surface area contributed by atoms with Gasteiger partial charge in [0, 0.05) is 10.5 Å².